The third-order valence-corrected chi connectivity index (χ3v) is 3.29. The fourth-order valence-electron chi connectivity index (χ4n) is 2.08. The minimum absolute atomic E-state index is 0.244. The molecule has 2 heterocycles. The number of piperazine rings is 1. The van der Waals surface area contributed by atoms with E-state index in [0.29, 0.717) is 6.04 Å². The Morgan fingerprint density at radius 1 is 1.56 bits per heavy atom. The summed E-state index contributed by atoms with van der Waals surface area (Å²) in [5.41, 5.74) is 0. The molecule has 0 amide bonds. The van der Waals surface area contributed by atoms with E-state index < -0.39 is 0 Å². The summed E-state index contributed by atoms with van der Waals surface area (Å²) in [5.74, 6) is 0.749. The maximum Gasteiger partial charge on any atom is 0.156 e. The van der Waals surface area contributed by atoms with E-state index in [1.54, 1.807) is 6.26 Å². The highest BCUT2D eigenvalue weighted by Gasteiger charge is 2.28. The van der Waals surface area contributed by atoms with E-state index in [1.165, 1.54) is 0 Å². The molecule has 1 fully saturated rings. The predicted molar refractivity (Wildman–Crippen MR) is 60.7 cm³/mol. The van der Waals surface area contributed by atoms with Crippen LogP contribution in [0.3, 0.4) is 0 Å². The number of hydrogen-bond acceptors (Lipinski definition) is 4. The number of furan rings is 1. The summed E-state index contributed by atoms with van der Waals surface area (Å²) in [6.07, 6.45) is 1.62. The van der Waals surface area contributed by atoms with Gasteiger partial charge in [-0.1, -0.05) is 0 Å². The third-order valence-electron chi connectivity index (χ3n) is 3.29. The van der Waals surface area contributed by atoms with Crippen LogP contribution in [0.4, 0.5) is 0 Å². The molecular formula is C12H17N3O. The van der Waals surface area contributed by atoms with Gasteiger partial charge in [-0.2, -0.15) is 5.26 Å². The van der Waals surface area contributed by atoms with Crippen molar-refractivity contribution in [2.45, 2.75) is 19.0 Å². The van der Waals surface area contributed by atoms with Gasteiger partial charge in [0.2, 0.25) is 0 Å². The molecule has 1 aromatic rings. The van der Waals surface area contributed by atoms with Crippen molar-refractivity contribution in [1.82, 2.24) is 9.80 Å². The summed E-state index contributed by atoms with van der Waals surface area (Å²) in [6.45, 7) is 5.01. The molecule has 4 nitrogen and oxygen atoms in total. The van der Waals surface area contributed by atoms with Crippen molar-refractivity contribution in [2.75, 3.05) is 26.7 Å². The zero-order valence-electron chi connectivity index (χ0n) is 9.76. The second-order valence-electron chi connectivity index (χ2n) is 4.37. The molecular weight excluding hydrogens is 202 g/mol. The summed E-state index contributed by atoms with van der Waals surface area (Å²) < 4.78 is 5.32. The van der Waals surface area contributed by atoms with E-state index in [-0.39, 0.29) is 6.04 Å². The Kier molecular flexibility index (Phi) is 3.28. The minimum Gasteiger partial charge on any atom is -0.467 e. The average molecular weight is 219 g/mol. The number of hydrogen-bond donors (Lipinski definition) is 0. The van der Waals surface area contributed by atoms with Crippen molar-refractivity contribution in [3.63, 3.8) is 0 Å². The Morgan fingerprint density at radius 2 is 2.38 bits per heavy atom. The van der Waals surface area contributed by atoms with E-state index in [2.05, 4.69) is 29.8 Å². The molecule has 16 heavy (non-hydrogen) atoms. The van der Waals surface area contributed by atoms with Gasteiger partial charge < -0.3 is 9.32 Å². The average Bonchev–Trinajstić information content (AvgIpc) is 2.78. The van der Waals surface area contributed by atoms with Crippen LogP contribution in [-0.4, -0.2) is 42.5 Å². The highest BCUT2D eigenvalue weighted by Crippen LogP contribution is 2.23. The zero-order valence-corrected chi connectivity index (χ0v) is 9.76. The van der Waals surface area contributed by atoms with Gasteiger partial charge in [-0.05, 0) is 26.1 Å². The molecule has 1 saturated heterocycles. The molecule has 1 aliphatic rings. The Morgan fingerprint density at radius 3 is 2.94 bits per heavy atom. The number of nitrogens with zero attached hydrogens (tertiary/aromatic N) is 3. The Balaban J connectivity index is 2.09. The van der Waals surface area contributed by atoms with Crippen molar-refractivity contribution in [3.8, 4) is 6.07 Å². The summed E-state index contributed by atoms with van der Waals surface area (Å²) in [6, 6.07) is 6.27. The van der Waals surface area contributed by atoms with Gasteiger partial charge in [0.1, 0.15) is 5.76 Å². The molecule has 0 bridgehead atoms. The van der Waals surface area contributed by atoms with Crippen molar-refractivity contribution in [3.05, 3.63) is 24.2 Å². The lowest BCUT2D eigenvalue weighted by atomic mass is 10.1. The van der Waals surface area contributed by atoms with Crippen LogP contribution in [0.25, 0.3) is 0 Å². The van der Waals surface area contributed by atoms with E-state index in [9.17, 15) is 5.26 Å². The lowest BCUT2D eigenvalue weighted by Crippen LogP contribution is -2.50. The van der Waals surface area contributed by atoms with Gasteiger partial charge in [0.15, 0.2) is 6.04 Å². The highest BCUT2D eigenvalue weighted by atomic mass is 16.3. The van der Waals surface area contributed by atoms with Gasteiger partial charge >= 0.3 is 0 Å². The molecule has 2 rings (SSSR count). The van der Waals surface area contributed by atoms with Crippen LogP contribution in [0.2, 0.25) is 0 Å². The molecule has 0 aliphatic carbocycles. The van der Waals surface area contributed by atoms with E-state index in [0.717, 1.165) is 25.4 Å². The summed E-state index contributed by atoms with van der Waals surface area (Å²) in [7, 11) is 2.12. The standard InChI is InChI=1S/C12H17N3O/c1-10-9-15(6-5-14(10)2)11(8-13)12-4-3-7-16-12/h3-4,7,10-11H,5-6,9H2,1-2H3. The SMILES string of the molecule is CC1CN(C(C#N)c2ccco2)CCN1C. The second-order valence-corrected chi connectivity index (χ2v) is 4.37. The zero-order chi connectivity index (χ0) is 11.5. The molecule has 0 saturated carbocycles. The topological polar surface area (TPSA) is 43.4 Å². The van der Waals surface area contributed by atoms with E-state index >= 15 is 0 Å². The van der Waals surface area contributed by atoms with E-state index in [1.807, 2.05) is 12.1 Å². The second kappa shape index (κ2) is 4.69. The van der Waals surface area contributed by atoms with Gasteiger partial charge in [0.25, 0.3) is 0 Å². The molecule has 1 aliphatic heterocycles. The monoisotopic (exact) mass is 219 g/mol. The van der Waals surface area contributed by atoms with Crippen molar-refractivity contribution in [2.24, 2.45) is 0 Å². The normalized spacial score (nSPS) is 25.2. The fourth-order valence-corrected chi connectivity index (χ4v) is 2.08. The van der Waals surface area contributed by atoms with Crippen molar-refractivity contribution in [1.29, 1.82) is 5.26 Å². The van der Waals surface area contributed by atoms with Gasteiger partial charge in [-0.25, -0.2) is 0 Å². The first-order chi connectivity index (χ1) is 7.72. The minimum atomic E-state index is -0.244. The molecule has 4 heteroatoms. The van der Waals surface area contributed by atoms with Crippen LogP contribution in [0.5, 0.6) is 0 Å². The molecule has 0 aromatic carbocycles. The van der Waals surface area contributed by atoms with Gasteiger partial charge in [-0.3, -0.25) is 4.90 Å². The van der Waals surface area contributed by atoms with Gasteiger partial charge in [0, 0.05) is 25.7 Å². The highest BCUT2D eigenvalue weighted by molar-refractivity contribution is 5.13. The fraction of sp³-hybridized carbons (Fsp3) is 0.583. The smallest absolute Gasteiger partial charge is 0.156 e. The predicted octanol–water partition coefficient (Wildman–Crippen LogP) is 1.48. The first-order valence-electron chi connectivity index (χ1n) is 5.59. The number of rotatable bonds is 2. The van der Waals surface area contributed by atoms with Gasteiger partial charge in [0.05, 0.1) is 12.3 Å². The Bertz CT molecular complexity index is 368. The molecule has 86 valence electrons. The molecule has 0 spiro atoms. The van der Waals surface area contributed by atoms with Crippen LogP contribution in [0.15, 0.2) is 22.8 Å². The first-order valence-corrected chi connectivity index (χ1v) is 5.59. The van der Waals surface area contributed by atoms with E-state index in [4.69, 9.17) is 4.42 Å². The lowest BCUT2D eigenvalue weighted by molar-refractivity contribution is 0.0817. The van der Waals surface area contributed by atoms with Crippen LogP contribution in [-0.2, 0) is 0 Å². The number of nitriles is 1. The summed E-state index contributed by atoms with van der Waals surface area (Å²) >= 11 is 0. The Hall–Kier alpha value is -1.31. The molecule has 2 unspecified atom stereocenters. The maximum absolute atomic E-state index is 9.24. The summed E-state index contributed by atoms with van der Waals surface area (Å²) in [5, 5.41) is 9.24. The van der Waals surface area contributed by atoms with Crippen LogP contribution >= 0.6 is 0 Å². The van der Waals surface area contributed by atoms with Crippen LogP contribution < -0.4 is 0 Å². The third kappa shape index (κ3) is 2.11. The molecule has 0 radical (unpaired) electrons. The lowest BCUT2D eigenvalue weighted by Gasteiger charge is -2.39. The Labute approximate surface area is 96.1 Å². The maximum atomic E-state index is 9.24. The molecule has 2 atom stereocenters. The first kappa shape index (κ1) is 11.2. The summed E-state index contributed by atoms with van der Waals surface area (Å²) in [4.78, 5) is 4.50. The largest absolute Gasteiger partial charge is 0.467 e. The van der Waals surface area contributed by atoms with Gasteiger partial charge in [-0.15, -0.1) is 0 Å². The number of likely N-dealkylation sites (N-methyl/N-ethyl adjacent to an activating group) is 1. The molecule has 0 N–H and O–H groups in total. The van der Waals surface area contributed by atoms with Crippen LogP contribution in [0, 0.1) is 11.3 Å². The van der Waals surface area contributed by atoms with Crippen molar-refractivity contribution < 1.29 is 4.42 Å². The molecule has 1 aromatic heterocycles. The van der Waals surface area contributed by atoms with Crippen molar-refractivity contribution >= 4 is 0 Å². The quantitative estimate of drug-likeness (QED) is 0.755. The van der Waals surface area contributed by atoms with Crippen LogP contribution in [0.1, 0.15) is 18.7 Å².